The quantitative estimate of drug-likeness (QED) is 0.269. The molecule has 4 rings (SSSR count). The van der Waals surface area contributed by atoms with Gasteiger partial charge in [0.25, 0.3) is 0 Å². The summed E-state index contributed by atoms with van der Waals surface area (Å²) in [5.74, 6) is -0.462. The lowest BCUT2D eigenvalue weighted by Gasteiger charge is -2.12. The van der Waals surface area contributed by atoms with Crippen molar-refractivity contribution >= 4 is 39.4 Å². The number of rotatable bonds is 9. The minimum atomic E-state index is -4.59. The van der Waals surface area contributed by atoms with Gasteiger partial charge in [0.15, 0.2) is 11.3 Å². The van der Waals surface area contributed by atoms with Gasteiger partial charge in [0, 0.05) is 28.8 Å². The molecule has 0 saturated carbocycles. The summed E-state index contributed by atoms with van der Waals surface area (Å²) in [4.78, 5) is 11.0. The van der Waals surface area contributed by atoms with Gasteiger partial charge in [0.1, 0.15) is 5.75 Å². The molecule has 0 amide bonds. The van der Waals surface area contributed by atoms with Crippen molar-refractivity contribution in [3.05, 3.63) is 58.4 Å². The van der Waals surface area contributed by atoms with Crippen LogP contribution in [-0.4, -0.2) is 27.4 Å². The number of carbonyl (C=O) groups is 1. The number of nitrogens with zero attached hydrogens (tertiary/aromatic N) is 2. The molecule has 2 heterocycles. The summed E-state index contributed by atoms with van der Waals surface area (Å²) < 4.78 is 52.5. The number of carboxylic acids is 1. The van der Waals surface area contributed by atoms with E-state index in [9.17, 15) is 18.0 Å². The molecule has 2 aromatic heterocycles. The molecule has 0 aliphatic carbocycles. The third-order valence-corrected chi connectivity index (χ3v) is 5.90. The van der Waals surface area contributed by atoms with E-state index in [1.807, 2.05) is 23.8 Å². The van der Waals surface area contributed by atoms with Crippen molar-refractivity contribution in [3.63, 3.8) is 0 Å². The Kier molecular flexibility index (Phi) is 6.74. The molecule has 6 nitrogen and oxygen atoms in total. The number of aliphatic carboxylic acids is 1. The van der Waals surface area contributed by atoms with Gasteiger partial charge in [-0.1, -0.05) is 30.1 Å². The van der Waals surface area contributed by atoms with Gasteiger partial charge in [0.2, 0.25) is 0 Å². The molecule has 2 aromatic carbocycles. The number of ether oxygens (including phenoxy) is 1. The van der Waals surface area contributed by atoms with Crippen LogP contribution in [-0.2, 0) is 30.4 Å². The van der Waals surface area contributed by atoms with Gasteiger partial charge in [0.05, 0.1) is 18.4 Å². The van der Waals surface area contributed by atoms with Crippen LogP contribution in [0.1, 0.15) is 36.6 Å². The Morgan fingerprint density at radius 2 is 2.06 bits per heavy atom. The zero-order valence-electron chi connectivity index (χ0n) is 18.3. The first-order valence-corrected chi connectivity index (χ1v) is 11.2. The maximum absolute atomic E-state index is 13.2. The van der Waals surface area contributed by atoms with Crippen LogP contribution < -0.4 is 4.74 Å². The van der Waals surface area contributed by atoms with Gasteiger partial charge < -0.3 is 18.9 Å². The predicted molar refractivity (Wildman–Crippen MR) is 121 cm³/mol. The summed E-state index contributed by atoms with van der Waals surface area (Å²) in [5, 5.41) is 13.5. The molecule has 0 bridgehead atoms. The molecule has 10 heteroatoms. The van der Waals surface area contributed by atoms with E-state index in [1.54, 1.807) is 12.1 Å². The van der Waals surface area contributed by atoms with E-state index >= 15 is 0 Å². The van der Waals surface area contributed by atoms with E-state index in [-0.39, 0.29) is 17.4 Å². The number of aromatic nitrogens is 2. The van der Waals surface area contributed by atoms with E-state index in [2.05, 4.69) is 5.16 Å². The van der Waals surface area contributed by atoms with Crippen LogP contribution in [0, 0.1) is 0 Å². The molecule has 0 fully saturated rings. The molecule has 4 aromatic rings. The van der Waals surface area contributed by atoms with E-state index in [4.69, 9.17) is 26.0 Å². The molecule has 0 unspecified atom stereocenters. The summed E-state index contributed by atoms with van der Waals surface area (Å²) in [6.07, 6.45) is -1.00. The van der Waals surface area contributed by atoms with Crippen molar-refractivity contribution in [2.75, 3.05) is 6.61 Å². The number of alkyl halides is 3. The Balaban J connectivity index is 1.47. The first kappa shape index (κ1) is 23.9. The SMILES string of the molecule is CCCc1c(OCCCn2ccc3cc(CC(=O)O)c(Cl)cc32)ccc2c(C(F)(F)F)noc12. The lowest BCUT2D eigenvalue weighted by atomic mass is 10.0. The zero-order chi connectivity index (χ0) is 24.5. The second kappa shape index (κ2) is 9.58. The van der Waals surface area contributed by atoms with E-state index in [0.717, 1.165) is 10.9 Å². The van der Waals surface area contributed by atoms with Crippen LogP contribution >= 0.6 is 11.6 Å². The Morgan fingerprint density at radius 1 is 1.26 bits per heavy atom. The van der Waals surface area contributed by atoms with Crippen molar-refractivity contribution in [2.45, 2.75) is 45.3 Å². The Bertz CT molecular complexity index is 1340. The number of hydrogen-bond acceptors (Lipinski definition) is 4. The van der Waals surface area contributed by atoms with Crippen molar-refractivity contribution in [2.24, 2.45) is 0 Å². The number of aryl methyl sites for hydroxylation is 2. The van der Waals surface area contributed by atoms with Gasteiger partial charge in [-0.15, -0.1) is 0 Å². The number of hydrogen-bond donors (Lipinski definition) is 1. The summed E-state index contributed by atoms with van der Waals surface area (Å²) in [7, 11) is 0. The molecule has 0 spiro atoms. The molecule has 0 radical (unpaired) electrons. The largest absolute Gasteiger partial charge is 0.493 e. The Hall–Kier alpha value is -3.20. The number of halogens is 4. The summed E-state index contributed by atoms with van der Waals surface area (Å²) >= 11 is 6.26. The minimum Gasteiger partial charge on any atom is -0.493 e. The normalized spacial score (nSPS) is 12.0. The van der Waals surface area contributed by atoms with Crippen molar-refractivity contribution in [1.29, 1.82) is 0 Å². The van der Waals surface area contributed by atoms with Gasteiger partial charge in [-0.05, 0) is 54.1 Å². The van der Waals surface area contributed by atoms with E-state index < -0.39 is 17.8 Å². The number of fused-ring (bicyclic) bond motifs is 2. The molecule has 180 valence electrons. The van der Waals surface area contributed by atoms with Crippen LogP contribution in [0.25, 0.3) is 21.9 Å². The predicted octanol–water partition coefficient (Wildman–Crippen LogP) is 6.50. The fraction of sp³-hybridized carbons (Fsp3) is 0.333. The average Bonchev–Trinajstić information content (AvgIpc) is 3.36. The summed E-state index contributed by atoms with van der Waals surface area (Å²) in [6.45, 7) is 2.88. The first-order valence-electron chi connectivity index (χ1n) is 10.8. The first-order chi connectivity index (χ1) is 16.2. The topological polar surface area (TPSA) is 77.5 Å². The number of benzene rings is 2. The monoisotopic (exact) mass is 494 g/mol. The Labute approximate surface area is 197 Å². The van der Waals surface area contributed by atoms with Crippen LogP contribution in [0.2, 0.25) is 5.02 Å². The van der Waals surface area contributed by atoms with Crippen molar-refractivity contribution < 1.29 is 32.3 Å². The zero-order valence-corrected chi connectivity index (χ0v) is 19.0. The van der Waals surface area contributed by atoms with Gasteiger partial charge >= 0.3 is 12.1 Å². The fourth-order valence-corrected chi connectivity index (χ4v) is 4.26. The standard InChI is InChI=1S/C24H22ClF3N2O4/c1-2-4-16-20(6-5-17-22(16)34-29-23(17)24(26,27)28)33-10-3-8-30-9-7-14-11-15(12-21(31)32)18(25)13-19(14)30/h5-7,9,11,13H,2-4,8,10,12H2,1H3,(H,31,32). The average molecular weight is 495 g/mol. The lowest BCUT2D eigenvalue weighted by Crippen LogP contribution is -2.07. The fourth-order valence-electron chi connectivity index (χ4n) is 4.04. The highest BCUT2D eigenvalue weighted by Gasteiger charge is 2.37. The van der Waals surface area contributed by atoms with Gasteiger partial charge in [-0.2, -0.15) is 13.2 Å². The lowest BCUT2D eigenvalue weighted by molar-refractivity contribution is -0.141. The van der Waals surface area contributed by atoms with E-state index in [0.29, 0.717) is 54.3 Å². The van der Waals surface area contributed by atoms with Gasteiger partial charge in [-0.25, -0.2) is 0 Å². The Morgan fingerprint density at radius 3 is 2.76 bits per heavy atom. The second-order valence-electron chi connectivity index (χ2n) is 7.98. The van der Waals surface area contributed by atoms with Crippen molar-refractivity contribution in [1.82, 2.24) is 9.72 Å². The molecular weight excluding hydrogens is 473 g/mol. The highest BCUT2D eigenvalue weighted by molar-refractivity contribution is 6.32. The minimum absolute atomic E-state index is 0.0683. The maximum atomic E-state index is 13.2. The molecular formula is C24H22ClF3N2O4. The molecule has 0 aliphatic heterocycles. The highest BCUT2D eigenvalue weighted by atomic mass is 35.5. The third-order valence-electron chi connectivity index (χ3n) is 5.55. The van der Waals surface area contributed by atoms with Crippen LogP contribution in [0.4, 0.5) is 13.2 Å². The van der Waals surface area contributed by atoms with Crippen LogP contribution in [0.5, 0.6) is 5.75 Å². The summed E-state index contributed by atoms with van der Waals surface area (Å²) in [5.41, 5.74) is 1.09. The van der Waals surface area contributed by atoms with Gasteiger partial charge in [-0.3, -0.25) is 4.79 Å². The van der Waals surface area contributed by atoms with Crippen molar-refractivity contribution in [3.8, 4) is 5.75 Å². The molecule has 0 atom stereocenters. The summed E-state index contributed by atoms with van der Waals surface area (Å²) in [6, 6.07) is 8.30. The highest BCUT2D eigenvalue weighted by Crippen LogP contribution is 2.38. The smallest absolute Gasteiger partial charge is 0.437 e. The van der Waals surface area contributed by atoms with E-state index in [1.165, 1.54) is 12.1 Å². The third kappa shape index (κ3) is 4.84. The second-order valence-corrected chi connectivity index (χ2v) is 8.39. The van der Waals surface area contributed by atoms with Crippen LogP contribution in [0.3, 0.4) is 0 Å². The molecule has 0 saturated heterocycles. The maximum Gasteiger partial charge on any atom is 0.437 e. The number of carboxylic acid groups (broad SMARTS) is 1. The van der Waals surface area contributed by atoms with Crippen LogP contribution in [0.15, 0.2) is 41.1 Å². The molecule has 34 heavy (non-hydrogen) atoms. The molecule has 0 aliphatic rings. The molecule has 1 N–H and O–H groups in total.